The van der Waals surface area contributed by atoms with Gasteiger partial charge in [0.15, 0.2) is 0 Å². The molecule has 2 rings (SSSR count). The van der Waals surface area contributed by atoms with Gasteiger partial charge in [0.2, 0.25) is 0 Å². The third-order valence-corrected chi connectivity index (χ3v) is 3.86. The molecule has 1 atom stereocenters. The van der Waals surface area contributed by atoms with Crippen LogP contribution < -0.4 is 10.5 Å². The molecule has 0 amide bonds. The number of ether oxygens (including phenoxy) is 1. The van der Waals surface area contributed by atoms with Crippen LogP contribution in [-0.2, 0) is 0 Å². The van der Waals surface area contributed by atoms with Crippen LogP contribution in [0.15, 0.2) is 51.4 Å². The van der Waals surface area contributed by atoms with Gasteiger partial charge in [-0.2, -0.15) is 0 Å². The molecule has 0 saturated carbocycles. The van der Waals surface area contributed by atoms with E-state index in [9.17, 15) is 0 Å². The van der Waals surface area contributed by atoms with Gasteiger partial charge in [0.25, 0.3) is 0 Å². The maximum Gasteiger partial charge on any atom is 0.133 e. The van der Waals surface area contributed by atoms with Crippen LogP contribution in [0.3, 0.4) is 0 Å². The summed E-state index contributed by atoms with van der Waals surface area (Å²) < 4.78 is 7.15. The molecule has 0 aliphatic carbocycles. The zero-order chi connectivity index (χ0) is 13.1. The van der Waals surface area contributed by atoms with Crippen molar-refractivity contribution in [3.05, 3.63) is 62.5 Å². The van der Waals surface area contributed by atoms with E-state index < -0.39 is 0 Å². The molecule has 94 valence electrons. The summed E-state index contributed by atoms with van der Waals surface area (Å²) in [5, 5.41) is 0. The molecule has 0 fully saturated rings. The van der Waals surface area contributed by atoms with Crippen molar-refractivity contribution in [1.29, 1.82) is 0 Å². The van der Waals surface area contributed by atoms with Crippen molar-refractivity contribution < 1.29 is 4.74 Å². The Hall–Kier alpha value is -0.840. The highest BCUT2D eigenvalue weighted by molar-refractivity contribution is 9.10. The Balaban J connectivity index is 2.34. The predicted molar refractivity (Wildman–Crippen MR) is 80.9 cm³/mol. The second-order valence-corrected chi connectivity index (χ2v) is 5.70. The molecule has 0 heterocycles. The van der Waals surface area contributed by atoms with Crippen molar-refractivity contribution in [2.24, 2.45) is 5.73 Å². The third kappa shape index (κ3) is 2.94. The largest absolute Gasteiger partial charge is 0.496 e. The van der Waals surface area contributed by atoms with Crippen molar-refractivity contribution in [3.63, 3.8) is 0 Å². The summed E-state index contributed by atoms with van der Waals surface area (Å²) in [6, 6.07) is 13.8. The van der Waals surface area contributed by atoms with E-state index in [2.05, 4.69) is 31.9 Å². The SMILES string of the molecule is COc1ccc(C(N)c2cccc(Br)c2)cc1Br. The van der Waals surface area contributed by atoms with E-state index in [1.165, 1.54) is 0 Å². The quantitative estimate of drug-likeness (QED) is 0.875. The molecule has 0 aliphatic rings. The zero-order valence-electron chi connectivity index (χ0n) is 9.86. The minimum atomic E-state index is -0.148. The molecule has 2 aromatic rings. The summed E-state index contributed by atoms with van der Waals surface area (Å²) in [5.41, 5.74) is 8.38. The Kier molecular flexibility index (Phi) is 4.43. The molecule has 2 nitrogen and oxygen atoms in total. The number of nitrogens with two attached hydrogens (primary N) is 1. The monoisotopic (exact) mass is 369 g/mol. The normalized spacial score (nSPS) is 12.2. The summed E-state index contributed by atoms with van der Waals surface area (Å²) >= 11 is 6.93. The standard InChI is InChI=1S/C14H13Br2NO/c1-18-13-6-5-10(8-12(13)16)14(17)9-3-2-4-11(15)7-9/h2-8,14H,17H2,1H3. The van der Waals surface area contributed by atoms with Crippen molar-refractivity contribution >= 4 is 31.9 Å². The van der Waals surface area contributed by atoms with E-state index in [1.807, 2.05) is 42.5 Å². The minimum absolute atomic E-state index is 0.148. The highest BCUT2D eigenvalue weighted by Crippen LogP contribution is 2.30. The molecule has 0 bridgehead atoms. The lowest BCUT2D eigenvalue weighted by atomic mass is 10.00. The molecule has 2 aromatic carbocycles. The molecule has 0 spiro atoms. The number of hydrogen-bond donors (Lipinski definition) is 1. The van der Waals surface area contributed by atoms with E-state index in [0.29, 0.717) is 0 Å². The Bertz CT molecular complexity index is 557. The number of benzene rings is 2. The molecule has 0 aromatic heterocycles. The summed E-state index contributed by atoms with van der Waals surface area (Å²) in [5.74, 6) is 0.806. The first kappa shape index (κ1) is 13.6. The van der Waals surface area contributed by atoms with Gasteiger partial charge in [-0.15, -0.1) is 0 Å². The van der Waals surface area contributed by atoms with E-state index in [1.54, 1.807) is 7.11 Å². The first-order valence-corrected chi connectivity index (χ1v) is 7.05. The van der Waals surface area contributed by atoms with Crippen LogP contribution >= 0.6 is 31.9 Å². The second kappa shape index (κ2) is 5.87. The summed E-state index contributed by atoms with van der Waals surface area (Å²) in [6.07, 6.45) is 0. The average molecular weight is 371 g/mol. The molecular weight excluding hydrogens is 358 g/mol. The first-order valence-electron chi connectivity index (χ1n) is 5.46. The first-order chi connectivity index (χ1) is 8.61. The van der Waals surface area contributed by atoms with Crippen molar-refractivity contribution in [3.8, 4) is 5.75 Å². The van der Waals surface area contributed by atoms with E-state index in [0.717, 1.165) is 25.8 Å². The lowest BCUT2D eigenvalue weighted by molar-refractivity contribution is 0.412. The van der Waals surface area contributed by atoms with E-state index in [-0.39, 0.29) is 6.04 Å². The van der Waals surface area contributed by atoms with Gasteiger partial charge in [-0.05, 0) is 51.3 Å². The van der Waals surface area contributed by atoms with Gasteiger partial charge in [-0.1, -0.05) is 34.1 Å². The predicted octanol–water partition coefficient (Wildman–Crippen LogP) is 4.27. The van der Waals surface area contributed by atoms with Crippen LogP contribution in [0.1, 0.15) is 17.2 Å². The number of hydrogen-bond acceptors (Lipinski definition) is 2. The fourth-order valence-electron chi connectivity index (χ4n) is 1.77. The van der Waals surface area contributed by atoms with Gasteiger partial charge < -0.3 is 10.5 Å². The van der Waals surface area contributed by atoms with Gasteiger partial charge in [-0.25, -0.2) is 0 Å². The lowest BCUT2D eigenvalue weighted by Crippen LogP contribution is -2.11. The van der Waals surface area contributed by atoms with Crippen LogP contribution in [0.2, 0.25) is 0 Å². The highest BCUT2D eigenvalue weighted by Gasteiger charge is 2.11. The number of rotatable bonds is 3. The zero-order valence-corrected chi connectivity index (χ0v) is 13.0. The van der Waals surface area contributed by atoms with Crippen LogP contribution in [0.25, 0.3) is 0 Å². The van der Waals surface area contributed by atoms with E-state index in [4.69, 9.17) is 10.5 Å². The smallest absolute Gasteiger partial charge is 0.133 e. The third-order valence-electron chi connectivity index (χ3n) is 2.74. The van der Waals surface area contributed by atoms with Crippen molar-refractivity contribution in [2.75, 3.05) is 7.11 Å². The topological polar surface area (TPSA) is 35.2 Å². The molecule has 2 N–H and O–H groups in total. The van der Waals surface area contributed by atoms with Gasteiger partial charge in [0, 0.05) is 4.47 Å². The molecule has 4 heteroatoms. The molecule has 0 saturated heterocycles. The van der Waals surface area contributed by atoms with Crippen molar-refractivity contribution in [1.82, 2.24) is 0 Å². The Morgan fingerprint density at radius 1 is 1.06 bits per heavy atom. The maximum atomic E-state index is 6.26. The Morgan fingerprint density at radius 2 is 1.78 bits per heavy atom. The van der Waals surface area contributed by atoms with Crippen LogP contribution in [0, 0.1) is 0 Å². The average Bonchev–Trinajstić information content (AvgIpc) is 2.37. The Labute approximate surface area is 123 Å². The van der Waals surface area contributed by atoms with Gasteiger partial charge in [-0.3, -0.25) is 0 Å². The number of halogens is 2. The summed E-state index contributed by atoms with van der Waals surface area (Å²) in [7, 11) is 1.65. The fraction of sp³-hybridized carbons (Fsp3) is 0.143. The fourth-order valence-corrected chi connectivity index (χ4v) is 2.74. The van der Waals surface area contributed by atoms with Crippen molar-refractivity contribution in [2.45, 2.75) is 6.04 Å². The highest BCUT2D eigenvalue weighted by atomic mass is 79.9. The molecule has 1 unspecified atom stereocenters. The molecular formula is C14H13Br2NO. The summed E-state index contributed by atoms with van der Waals surface area (Å²) in [4.78, 5) is 0. The van der Waals surface area contributed by atoms with Gasteiger partial charge >= 0.3 is 0 Å². The van der Waals surface area contributed by atoms with Crippen LogP contribution in [-0.4, -0.2) is 7.11 Å². The molecule has 0 aliphatic heterocycles. The van der Waals surface area contributed by atoms with Crippen LogP contribution in [0.5, 0.6) is 5.75 Å². The Morgan fingerprint density at radius 3 is 2.39 bits per heavy atom. The van der Waals surface area contributed by atoms with Crippen LogP contribution in [0.4, 0.5) is 0 Å². The van der Waals surface area contributed by atoms with E-state index >= 15 is 0 Å². The maximum absolute atomic E-state index is 6.26. The summed E-state index contributed by atoms with van der Waals surface area (Å²) in [6.45, 7) is 0. The van der Waals surface area contributed by atoms with Gasteiger partial charge in [0.05, 0.1) is 17.6 Å². The molecule has 0 radical (unpaired) electrons. The number of methoxy groups -OCH3 is 1. The minimum Gasteiger partial charge on any atom is -0.496 e. The van der Waals surface area contributed by atoms with Gasteiger partial charge in [0.1, 0.15) is 5.75 Å². The second-order valence-electron chi connectivity index (χ2n) is 3.93. The molecule has 18 heavy (non-hydrogen) atoms. The lowest BCUT2D eigenvalue weighted by Gasteiger charge is -2.14.